The number of morpholine rings is 1. The van der Waals surface area contributed by atoms with Gasteiger partial charge in [0.05, 0.1) is 35.7 Å². The smallest absolute Gasteiger partial charge is 0.205 e. The number of nitrogen functional groups attached to an aromatic ring is 1. The van der Waals surface area contributed by atoms with E-state index in [0.717, 1.165) is 85.3 Å². The summed E-state index contributed by atoms with van der Waals surface area (Å²) >= 11 is 0. The zero-order valence-electron chi connectivity index (χ0n) is 21.5. The molecule has 1 aliphatic heterocycles. The number of nitrogens with zero attached hydrogens (tertiary/aromatic N) is 6. The molecule has 0 amide bonds. The van der Waals surface area contributed by atoms with E-state index in [1.165, 1.54) is 18.5 Å². The lowest BCUT2D eigenvalue weighted by Crippen LogP contribution is -2.45. The highest BCUT2D eigenvalue weighted by atomic mass is 19.1. The number of nitrogens with one attached hydrogen (secondary N) is 2. The van der Waals surface area contributed by atoms with Crippen LogP contribution in [-0.2, 0) is 4.74 Å². The Kier molecular flexibility index (Phi) is 6.09. The molecule has 0 unspecified atom stereocenters. The predicted octanol–water partition coefficient (Wildman–Crippen LogP) is 4.65. The van der Waals surface area contributed by atoms with E-state index in [4.69, 9.17) is 15.6 Å². The Balaban J connectivity index is 1.19. The van der Waals surface area contributed by atoms with E-state index in [1.807, 2.05) is 18.2 Å². The minimum atomic E-state index is -0.310. The Hall–Kier alpha value is -4.09. The van der Waals surface area contributed by atoms with Crippen LogP contribution in [0.2, 0.25) is 0 Å². The van der Waals surface area contributed by atoms with E-state index < -0.39 is 0 Å². The molecule has 1 saturated carbocycles. The minimum absolute atomic E-state index is 0.255. The fourth-order valence-corrected chi connectivity index (χ4v) is 5.98. The monoisotopic (exact) mass is 527 g/mol. The van der Waals surface area contributed by atoms with Crippen molar-refractivity contribution in [3.63, 3.8) is 0 Å². The van der Waals surface area contributed by atoms with E-state index >= 15 is 0 Å². The maximum atomic E-state index is 13.6. The standard InChI is InChI=1S/C28H30FN9O/c29-18-2-1-3-19(15-18)33-28-34-22-9-4-17(14-23(22)35-28)25-24-26(30)31-16-32-27(24)38(36-25)21-7-5-20(6-8-21)37-10-12-39-13-11-37/h1-4,9,14-16,20-21H,5-8,10-13H2,(H2,30,31,32)(H2,33,34,35). The van der Waals surface area contributed by atoms with E-state index in [9.17, 15) is 4.39 Å². The molecule has 5 aromatic rings. The molecular weight excluding hydrogens is 497 g/mol. The number of aromatic nitrogens is 6. The first kappa shape index (κ1) is 24.0. The van der Waals surface area contributed by atoms with Crippen LogP contribution in [0.5, 0.6) is 0 Å². The predicted molar refractivity (Wildman–Crippen MR) is 148 cm³/mol. The van der Waals surface area contributed by atoms with E-state index in [1.54, 1.807) is 12.1 Å². The first-order valence-corrected chi connectivity index (χ1v) is 13.5. The number of imidazole rings is 1. The number of hydrogen-bond acceptors (Lipinski definition) is 8. The van der Waals surface area contributed by atoms with Crippen molar-refractivity contribution in [3.8, 4) is 11.3 Å². The van der Waals surface area contributed by atoms with Gasteiger partial charge in [0.2, 0.25) is 5.95 Å². The molecule has 0 spiro atoms. The summed E-state index contributed by atoms with van der Waals surface area (Å²) in [6.45, 7) is 3.69. The lowest BCUT2D eigenvalue weighted by molar-refractivity contribution is 0.00520. The number of H-pyrrole nitrogens is 1. The topological polar surface area (TPSA) is 123 Å². The van der Waals surface area contributed by atoms with Crippen molar-refractivity contribution < 1.29 is 9.13 Å². The molecule has 7 rings (SSSR count). The minimum Gasteiger partial charge on any atom is -0.383 e. The molecular formula is C28H30FN9O. The summed E-state index contributed by atoms with van der Waals surface area (Å²) in [7, 11) is 0. The lowest BCUT2D eigenvalue weighted by Gasteiger charge is -2.38. The highest BCUT2D eigenvalue weighted by Crippen LogP contribution is 2.37. The van der Waals surface area contributed by atoms with Crippen LogP contribution in [0.4, 0.5) is 21.8 Å². The fraction of sp³-hybridized carbons (Fsp3) is 0.357. The molecule has 4 N–H and O–H groups in total. The van der Waals surface area contributed by atoms with Crippen LogP contribution in [0.15, 0.2) is 48.8 Å². The van der Waals surface area contributed by atoms with Gasteiger partial charge in [0.25, 0.3) is 0 Å². The molecule has 200 valence electrons. The van der Waals surface area contributed by atoms with Crippen LogP contribution in [0, 0.1) is 5.82 Å². The first-order valence-electron chi connectivity index (χ1n) is 13.5. The molecule has 1 saturated heterocycles. The third-order valence-electron chi connectivity index (χ3n) is 7.93. The Labute approximate surface area is 224 Å². The molecule has 2 aromatic carbocycles. The number of rotatable bonds is 5. The summed E-state index contributed by atoms with van der Waals surface area (Å²) in [5.41, 5.74) is 11.0. The Morgan fingerprint density at radius 3 is 2.64 bits per heavy atom. The molecule has 0 radical (unpaired) electrons. The van der Waals surface area contributed by atoms with E-state index in [-0.39, 0.29) is 11.9 Å². The van der Waals surface area contributed by atoms with Gasteiger partial charge in [-0.2, -0.15) is 5.10 Å². The Morgan fingerprint density at radius 1 is 1.00 bits per heavy atom. The zero-order valence-corrected chi connectivity index (χ0v) is 21.5. The quantitative estimate of drug-likeness (QED) is 0.302. The number of ether oxygens (including phenoxy) is 1. The van der Waals surface area contributed by atoms with Crippen LogP contribution in [0.1, 0.15) is 31.7 Å². The number of nitrogens with two attached hydrogens (primary N) is 1. The van der Waals surface area contributed by atoms with E-state index in [2.05, 4.69) is 34.8 Å². The second kappa shape index (κ2) is 9.90. The van der Waals surface area contributed by atoms with Gasteiger partial charge in [0, 0.05) is 30.4 Å². The van der Waals surface area contributed by atoms with Crippen molar-refractivity contribution in [1.82, 2.24) is 34.6 Å². The second-order valence-electron chi connectivity index (χ2n) is 10.3. The van der Waals surface area contributed by atoms with Gasteiger partial charge in [0.1, 0.15) is 23.7 Å². The number of aromatic amines is 1. The molecule has 39 heavy (non-hydrogen) atoms. The van der Waals surface area contributed by atoms with Gasteiger partial charge >= 0.3 is 0 Å². The molecule has 1 aliphatic carbocycles. The molecule has 10 nitrogen and oxygen atoms in total. The van der Waals surface area contributed by atoms with Crippen LogP contribution in [-0.4, -0.2) is 67.0 Å². The SMILES string of the molecule is Nc1ncnc2c1c(-c1ccc3nc(Nc4cccc(F)c4)[nH]c3c1)nn2C1CCC(N2CCOCC2)CC1. The van der Waals surface area contributed by atoms with Crippen LogP contribution in [0.3, 0.4) is 0 Å². The van der Waals surface area contributed by atoms with Crippen molar-refractivity contribution in [2.24, 2.45) is 0 Å². The molecule has 0 atom stereocenters. The largest absolute Gasteiger partial charge is 0.383 e. The number of hydrogen-bond donors (Lipinski definition) is 3. The summed E-state index contributed by atoms with van der Waals surface area (Å²) < 4.78 is 21.2. The van der Waals surface area contributed by atoms with Crippen molar-refractivity contribution in [1.29, 1.82) is 0 Å². The van der Waals surface area contributed by atoms with Gasteiger partial charge in [-0.1, -0.05) is 12.1 Å². The fourth-order valence-electron chi connectivity index (χ4n) is 5.98. The van der Waals surface area contributed by atoms with Crippen LogP contribution in [0.25, 0.3) is 33.3 Å². The van der Waals surface area contributed by atoms with Crippen molar-refractivity contribution in [2.75, 3.05) is 37.4 Å². The number of halogens is 1. The summed E-state index contributed by atoms with van der Waals surface area (Å²) in [4.78, 5) is 19.4. The van der Waals surface area contributed by atoms with Crippen molar-refractivity contribution in [3.05, 3.63) is 54.6 Å². The normalized spacial score (nSPS) is 20.5. The van der Waals surface area contributed by atoms with Gasteiger partial charge in [-0.25, -0.2) is 24.0 Å². The van der Waals surface area contributed by atoms with E-state index in [0.29, 0.717) is 23.5 Å². The van der Waals surface area contributed by atoms with Crippen LogP contribution < -0.4 is 11.1 Å². The third-order valence-corrected chi connectivity index (χ3v) is 7.93. The summed E-state index contributed by atoms with van der Waals surface area (Å²) in [5.74, 6) is 0.639. The summed E-state index contributed by atoms with van der Waals surface area (Å²) in [6, 6.07) is 13.1. The summed E-state index contributed by atoms with van der Waals surface area (Å²) in [6.07, 6.45) is 5.85. The molecule has 2 aliphatic rings. The van der Waals surface area contributed by atoms with Crippen molar-refractivity contribution >= 4 is 39.5 Å². The molecule has 0 bridgehead atoms. The van der Waals surface area contributed by atoms with Gasteiger partial charge in [-0.05, 0) is 56.0 Å². The lowest BCUT2D eigenvalue weighted by atomic mass is 9.90. The molecule has 11 heteroatoms. The third kappa shape index (κ3) is 4.57. The second-order valence-corrected chi connectivity index (χ2v) is 10.3. The average Bonchev–Trinajstić information content (AvgIpc) is 3.55. The molecule has 4 heterocycles. The van der Waals surface area contributed by atoms with Gasteiger partial charge in [-0.15, -0.1) is 0 Å². The number of anilines is 3. The number of benzene rings is 2. The van der Waals surface area contributed by atoms with Gasteiger partial charge < -0.3 is 20.8 Å². The highest BCUT2D eigenvalue weighted by Gasteiger charge is 2.30. The Bertz CT molecular complexity index is 1630. The number of fused-ring (bicyclic) bond motifs is 2. The van der Waals surface area contributed by atoms with Gasteiger partial charge in [0.15, 0.2) is 5.65 Å². The maximum absolute atomic E-state index is 13.6. The maximum Gasteiger partial charge on any atom is 0.205 e. The summed E-state index contributed by atoms with van der Waals surface area (Å²) in [5, 5.41) is 8.98. The van der Waals surface area contributed by atoms with Crippen molar-refractivity contribution in [2.45, 2.75) is 37.8 Å². The first-order chi connectivity index (χ1) is 19.1. The van der Waals surface area contributed by atoms with Crippen LogP contribution >= 0.6 is 0 Å². The zero-order chi connectivity index (χ0) is 26.3. The Morgan fingerprint density at radius 2 is 1.82 bits per heavy atom. The molecule has 2 fully saturated rings. The average molecular weight is 528 g/mol. The molecule has 3 aromatic heterocycles. The highest BCUT2D eigenvalue weighted by molar-refractivity contribution is 5.99. The van der Waals surface area contributed by atoms with Gasteiger partial charge in [-0.3, -0.25) is 4.90 Å².